The van der Waals surface area contributed by atoms with Crippen LogP contribution in [0.2, 0.25) is 15.1 Å². The first kappa shape index (κ1) is 33.0. The number of hydrogen-bond donors (Lipinski definition) is 2. The maximum atomic E-state index is 14.2. The van der Waals surface area contributed by atoms with Crippen molar-refractivity contribution in [3.8, 4) is 11.5 Å². The lowest BCUT2D eigenvalue weighted by atomic mass is 9.80. The van der Waals surface area contributed by atoms with Gasteiger partial charge in [-0.2, -0.15) is 0 Å². The Morgan fingerprint density at radius 3 is 2.30 bits per heavy atom. The summed E-state index contributed by atoms with van der Waals surface area (Å²) in [5, 5.41) is 8.07. The fourth-order valence-corrected chi connectivity index (χ4v) is 7.06. The van der Waals surface area contributed by atoms with Crippen molar-refractivity contribution in [2.75, 3.05) is 26.3 Å². The highest BCUT2D eigenvalue weighted by molar-refractivity contribution is 6.37. The van der Waals surface area contributed by atoms with Gasteiger partial charge in [0.2, 0.25) is 11.8 Å². The van der Waals surface area contributed by atoms with Crippen molar-refractivity contribution in [2.45, 2.75) is 70.0 Å². The second-order valence-electron chi connectivity index (χ2n) is 12.7. The molecule has 0 unspecified atom stereocenters. The fraction of sp³-hybridized carbons (Fsp3) is 0.444. The molecule has 2 aliphatic carbocycles. The van der Waals surface area contributed by atoms with E-state index in [9.17, 15) is 9.59 Å². The summed E-state index contributed by atoms with van der Waals surface area (Å²) in [6, 6.07) is 17.9. The lowest BCUT2D eigenvalue weighted by Crippen LogP contribution is -2.47. The van der Waals surface area contributed by atoms with Crippen molar-refractivity contribution < 1.29 is 19.1 Å². The van der Waals surface area contributed by atoms with Crippen molar-refractivity contribution in [2.24, 2.45) is 5.92 Å². The first-order valence-corrected chi connectivity index (χ1v) is 17.3. The van der Waals surface area contributed by atoms with Crippen molar-refractivity contribution in [3.63, 3.8) is 0 Å². The van der Waals surface area contributed by atoms with E-state index in [0.717, 1.165) is 66.7 Å². The van der Waals surface area contributed by atoms with E-state index in [-0.39, 0.29) is 29.7 Å². The minimum absolute atomic E-state index is 0.0313. The largest absolute Gasteiger partial charge is 0.490 e. The lowest BCUT2D eigenvalue weighted by molar-refractivity contribution is -0.138. The maximum Gasteiger partial charge on any atom is 0.228 e. The van der Waals surface area contributed by atoms with Crippen LogP contribution in [0.1, 0.15) is 60.3 Å². The Morgan fingerprint density at radius 1 is 0.891 bits per heavy atom. The Kier molecular flexibility index (Phi) is 10.6. The lowest BCUT2D eigenvalue weighted by Gasteiger charge is -2.36. The Bertz CT molecular complexity index is 1540. The molecule has 46 heavy (non-hydrogen) atoms. The molecule has 10 heteroatoms. The first-order valence-electron chi connectivity index (χ1n) is 16.1. The summed E-state index contributed by atoms with van der Waals surface area (Å²) in [7, 11) is 0. The Balaban J connectivity index is 1.08. The Morgan fingerprint density at radius 2 is 1.61 bits per heavy atom. The van der Waals surface area contributed by atoms with Gasteiger partial charge >= 0.3 is 0 Å². The number of piperidine rings is 1. The highest BCUT2D eigenvalue weighted by Crippen LogP contribution is 2.38. The summed E-state index contributed by atoms with van der Waals surface area (Å²) in [4.78, 5) is 28.7. The number of amides is 2. The number of benzene rings is 3. The highest BCUT2D eigenvalue weighted by atomic mass is 35.5. The van der Waals surface area contributed by atoms with E-state index in [1.165, 1.54) is 0 Å². The molecule has 0 spiro atoms. The van der Waals surface area contributed by atoms with E-state index in [1.54, 1.807) is 0 Å². The normalized spacial score (nSPS) is 19.4. The van der Waals surface area contributed by atoms with Gasteiger partial charge in [0, 0.05) is 30.2 Å². The molecular formula is C36H40Cl3N3O4. The molecule has 3 aliphatic rings. The molecule has 2 saturated carbocycles. The van der Waals surface area contributed by atoms with E-state index in [1.807, 2.05) is 54.3 Å². The molecule has 244 valence electrons. The van der Waals surface area contributed by atoms with Crippen LogP contribution in [0.25, 0.3) is 0 Å². The van der Waals surface area contributed by atoms with Gasteiger partial charge in [-0.05, 0) is 104 Å². The summed E-state index contributed by atoms with van der Waals surface area (Å²) in [5.74, 6) is 1.27. The van der Waals surface area contributed by atoms with Crippen LogP contribution in [-0.2, 0) is 22.6 Å². The van der Waals surface area contributed by atoms with Crippen LogP contribution < -0.4 is 20.1 Å². The number of carbonyl (C=O) groups is 2. The highest BCUT2D eigenvalue weighted by Gasteiger charge is 2.40. The van der Waals surface area contributed by atoms with E-state index >= 15 is 0 Å². The van der Waals surface area contributed by atoms with Gasteiger partial charge in [-0.3, -0.25) is 9.59 Å². The molecule has 2 amide bonds. The number of carbonyl (C=O) groups excluding carboxylic acids is 2. The minimum Gasteiger partial charge on any atom is -0.490 e. The van der Waals surface area contributed by atoms with E-state index in [2.05, 4.69) is 22.8 Å². The van der Waals surface area contributed by atoms with Crippen molar-refractivity contribution >= 4 is 46.6 Å². The van der Waals surface area contributed by atoms with Crippen LogP contribution in [0.15, 0.2) is 54.6 Å². The number of hydrogen-bond acceptors (Lipinski definition) is 5. The quantitative estimate of drug-likeness (QED) is 0.188. The molecule has 0 bridgehead atoms. The Hall–Kier alpha value is -2.97. The maximum absolute atomic E-state index is 14.2. The molecule has 1 saturated heterocycles. The average Bonchev–Trinajstić information content (AvgIpc) is 3.97. The number of rotatable bonds is 13. The zero-order valence-electron chi connectivity index (χ0n) is 26.0. The van der Waals surface area contributed by atoms with Gasteiger partial charge in [0.25, 0.3) is 0 Å². The molecule has 3 aromatic rings. The molecule has 7 nitrogen and oxygen atoms in total. The van der Waals surface area contributed by atoms with E-state index < -0.39 is 0 Å². The molecule has 2 N–H and O–H groups in total. The van der Waals surface area contributed by atoms with Gasteiger partial charge in [0.05, 0.1) is 22.4 Å². The SMILES string of the molecule is Cc1cc(Cl)c(OCCOc2ccc([C@H]3CCNC[C@@H]3C(=O)N(Cc3cc(CC(=O)NC4CC4)ccc3Cl)C3CC3)cc2)c(Cl)c1. The van der Waals surface area contributed by atoms with Crippen LogP contribution in [-0.4, -0.2) is 55.1 Å². The van der Waals surface area contributed by atoms with Gasteiger partial charge in [0.15, 0.2) is 5.75 Å². The van der Waals surface area contributed by atoms with Crippen LogP contribution in [0.3, 0.4) is 0 Å². The van der Waals surface area contributed by atoms with Gasteiger partial charge < -0.3 is 25.0 Å². The molecule has 6 rings (SSSR count). The smallest absolute Gasteiger partial charge is 0.228 e. The Labute approximate surface area is 285 Å². The molecule has 0 radical (unpaired) electrons. The molecule has 2 atom stereocenters. The topological polar surface area (TPSA) is 79.9 Å². The zero-order chi connectivity index (χ0) is 32.2. The number of nitrogens with one attached hydrogen (secondary N) is 2. The molecule has 3 aromatic carbocycles. The number of halogens is 3. The van der Waals surface area contributed by atoms with Crippen molar-refractivity contribution in [3.05, 3.63) is 91.9 Å². The van der Waals surface area contributed by atoms with Gasteiger partial charge in [-0.1, -0.05) is 59.1 Å². The minimum atomic E-state index is -0.190. The monoisotopic (exact) mass is 683 g/mol. The third kappa shape index (κ3) is 8.48. The van der Waals surface area contributed by atoms with Gasteiger partial charge in [0.1, 0.15) is 19.0 Å². The number of aryl methyl sites for hydroxylation is 1. The fourth-order valence-electron chi connectivity index (χ4n) is 6.18. The van der Waals surface area contributed by atoms with Crippen molar-refractivity contribution in [1.82, 2.24) is 15.5 Å². The van der Waals surface area contributed by atoms with Gasteiger partial charge in [-0.15, -0.1) is 0 Å². The van der Waals surface area contributed by atoms with Crippen LogP contribution in [0.5, 0.6) is 11.5 Å². The van der Waals surface area contributed by atoms with Crippen molar-refractivity contribution in [1.29, 1.82) is 0 Å². The third-order valence-corrected chi connectivity index (χ3v) is 9.81. The summed E-state index contributed by atoms with van der Waals surface area (Å²) in [5.41, 5.74) is 3.89. The number of nitrogens with zero attached hydrogens (tertiary/aromatic N) is 1. The first-order chi connectivity index (χ1) is 22.2. The molecule has 3 fully saturated rings. The van der Waals surface area contributed by atoms with E-state index in [4.69, 9.17) is 44.3 Å². The summed E-state index contributed by atoms with van der Waals surface area (Å²) >= 11 is 19.2. The van der Waals surface area contributed by atoms with Crippen LogP contribution in [0, 0.1) is 12.8 Å². The predicted octanol–water partition coefficient (Wildman–Crippen LogP) is 7.12. The van der Waals surface area contributed by atoms with Crippen LogP contribution >= 0.6 is 34.8 Å². The van der Waals surface area contributed by atoms with Crippen LogP contribution in [0.4, 0.5) is 0 Å². The molecule has 1 heterocycles. The van der Waals surface area contributed by atoms with E-state index in [0.29, 0.717) is 59.6 Å². The summed E-state index contributed by atoms with van der Waals surface area (Å²) in [6.45, 7) is 4.48. The second-order valence-corrected chi connectivity index (χ2v) is 13.9. The molecule has 1 aliphatic heterocycles. The molecular weight excluding hydrogens is 645 g/mol. The van der Waals surface area contributed by atoms with Gasteiger partial charge in [-0.25, -0.2) is 0 Å². The summed E-state index contributed by atoms with van der Waals surface area (Å²) < 4.78 is 11.7. The molecule has 0 aromatic heterocycles. The average molecular weight is 685 g/mol. The number of ether oxygens (including phenoxy) is 2. The predicted molar refractivity (Wildman–Crippen MR) is 182 cm³/mol. The third-order valence-electron chi connectivity index (χ3n) is 8.88. The standard InChI is InChI=1S/C36H40Cl3N3O4/c1-22-16-32(38)35(33(39)17-22)46-15-14-45-28-9-3-24(4-10-28)29-12-13-40-20-30(29)36(44)42(27-7-8-27)21-25-18-23(2-11-31(25)37)19-34(43)41-26-5-6-26/h2-4,9-11,16-18,26-27,29-30,40H,5-8,12-15,19-21H2,1H3,(H,41,43)/t29-,30+/m1/s1. The summed E-state index contributed by atoms with van der Waals surface area (Å²) in [6.07, 6.45) is 5.29. The zero-order valence-corrected chi connectivity index (χ0v) is 28.3. The second kappa shape index (κ2) is 14.8.